The highest BCUT2D eigenvalue weighted by atomic mass is 79.9. The molecule has 0 aliphatic carbocycles. The summed E-state index contributed by atoms with van der Waals surface area (Å²) in [5.74, 6) is -2.60. The molecule has 2 rings (SSSR count). The topological polar surface area (TPSA) is 71.4 Å². The summed E-state index contributed by atoms with van der Waals surface area (Å²) >= 11 is 3.13. The van der Waals surface area contributed by atoms with Gasteiger partial charge in [0.05, 0.1) is 16.2 Å². The van der Waals surface area contributed by atoms with Crippen LogP contribution in [0.3, 0.4) is 0 Å². The highest BCUT2D eigenvalue weighted by Crippen LogP contribution is 2.25. The van der Waals surface area contributed by atoms with Crippen molar-refractivity contribution in [3.8, 4) is 0 Å². The van der Waals surface area contributed by atoms with Crippen molar-refractivity contribution in [1.29, 1.82) is 0 Å². The SMILES string of the molecule is O=C(O)c1ccc(F)c(CS(=O)(=O)c2ccccc2Br)c1. The van der Waals surface area contributed by atoms with Crippen molar-refractivity contribution in [2.75, 3.05) is 0 Å². The molecule has 2 aromatic carbocycles. The quantitative estimate of drug-likeness (QED) is 0.893. The van der Waals surface area contributed by atoms with Gasteiger partial charge in [-0.15, -0.1) is 0 Å². The van der Waals surface area contributed by atoms with Gasteiger partial charge < -0.3 is 5.11 Å². The van der Waals surface area contributed by atoms with Crippen molar-refractivity contribution in [2.45, 2.75) is 10.6 Å². The number of benzene rings is 2. The third kappa shape index (κ3) is 3.48. The van der Waals surface area contributed by atoms with Gasteiger partial charge in [-0.2, -0.15) is 0 Å². The summed E-state index contributed by atoms with van der Waals surface area (Å²) in [6, 6.07) is 9.26. The molecule has 0 aromatic heterocycles. The monoisotopic (exact) mass is 372 g/mol. The van der Waals surface area contributed by atoms with E-state index < -0.39 is 27.4 Å². The van der Waals surface area contributed by atoms with Gasteiger partial charge in [-0.25, -0.2) is 17.6 Å². The molecule has 0 heterocycles. The van der Waals surface area contributed by atoms with Crippen molar-refractivity contribution in [2.24, 2.45) is 0 Å². The van der Waals surface area contributed by atoms with Gasteiger partial charge in [-0.05, 0) is 46.3 Å². The van der Waals surface area contributed by atoms with Gasteiger partial charge in [0.2, 0.25) is 0 Å². The van der Waals surface area contributed by atoms with Crippen LogP contribution in [0.1, 0.15) is 15.9 Å². The van der Waals surface area contributed by atoms with Crippen molar-refractivity contribution < 1.29 is 22.7 Å². The number of carboxylic acids is 1. The van der Waals surface area contributed by atoms with Crippen LogP contribution >= 0.6 is 15.9 Å². The molecule has 0 saturated heterocycles. The Balaban J connectivity index is 2.44. The van der Waals surface area contributed by atoms with Gasteiger partial charge in [0.25, 0.3) is 0 Å². The van der Waals surface area contributed by atoms with E-state index in [1.54, 1.807) is 18.2 Å². The van der Waals surface area contributed by atoms with E-state index >= 15 is 0 Å². The van der Waals surface area contributed by atoms with Crippen molar-refractivity contribution >= 4 is 31.7 Å². The second-order valence-electron chi connectivity index (χ2n) is 4.30. The number of hydrogen-bond acceptors (Lipinski definition) is 3. The normalized spacial score (nSPS) is 11.3. The average Bonchev–Trinajstić information content (AvgIpc) is 2.41. The maximum absolute atomic E-state index is 13.7. The average molecular weight is 373 g/mol. The molecule has 0 amide bonds. The number of aromatic carboxylic acids is 1. The van der Waals surface area contributed by atoms with Crippen LogP contribution in [0.2, 0.25) is 0 Å². The summed E-state index contributed by atoms with van der Waals surface area (Å²) in [5, 5.41) is 8.88. The van der Waals surface area contributed by atoms with Crippen LogP contribution in [0.4, 0.5) is 4.39 Å². The summed E-state index contributed by atoms with van der Waals surface area (Å²) in [6.45, 7) is 0. The smallest absolute Gasteiger partial charge is 0.335 e. The third-order valence-corrected chi connectivity index (χ3v) is 5.48. The fourth-order valence-electron chi connectivity index (χ4n) is 1.80. The number of hydrogen-bond donors (Lipinski definition) is 1. The number of sulfone groups is 1. The van der Waals surface area contributed by atoms with E-state index in [9.17, 15) is 17.6 Å². The minimum absolute atomic E-state index is 0.0325. The van der Waals surface area contributed by atoms with E-state index in [1.165, 1.54) is 6.07 Å². The number of rotatable bonds is 4. The summed E-state index contributed by atoms with van der Waals surface area (Å²) in [7, 11) is -3.79. The molecule has 0 spiro atoms. The molecule has 4 nitrogen and oxygen atoms in total. The Bertz CT molecular complexity index is 802. The lowest BCUT2D eigenvalue weighted by Gasteiger charge is -2.08. The number of carbonyl (C=O) groups is 1. The number of carboxylic acid groups (broad SMARTS) is 1. The van der Waals surface area contributed by atoms with Gasteiger partial charge in [-0.3, -0.25) is 0 Å². The van der Waals surface area contributed by atoms with Crippen LogP contribution < -0.4 is 0 Å². The van der Waals surface area contributed by atoms with Crippen LogP contribution in [0, 0.1) is 5.82 Å². The Morgan fingerprint density at radius 3 is 2.48 bits per heavy atom. The minimum Gasteiger partial charge on any atom is -0.478 e. The first kappa shape index (κ1) is 15.7. The molecule has 110 valence electrons. The number of halogens is 2. The first-order valence-electron chi connectivity index (χ1n) is 5.80. The molecule has 0 saturated carbocycles. The highest BCUT2D eigenvalue weighted by molar-refractivity contribution is 9.10. The van der Waals surface area contributed by atoms with Crippen molar-refractivity contribution in [3.63, 3.8) is 0 Å². The molecule has 21 heavy (non-hydrogen) atoms. The molecule has 0 fully saturated rings. The Morgan fingerprint density at radius 1 is 1.19 bits per heavy atom. The molecule has 0 radical (unpaired) electrons. The van der Waals surface area contributed by atoms with Crippen LogP contribution in [-0.2, 0) is 15.6 Å². The summed E-state index contributed by atoms with van der Waals surface area (Å²) < 4.78 is 38.7. The maximum atomic E-state index is 13.7. The van der Waals surface area contributed by atoms with Gasteiger partial charge in [-0.1, -0.05) is 12.1 Å². The molecule has 0 aliphatic rings. The van der Waals surface area contributed by atoms with Crippen molar-refractivity contribution in [1.82, 2.24) is 0 Å². The standard InChI is InChI=1S/C14H10BrFO4S/c15-11-3-1-2-4-13(11)21(19,20)8-10-7-9(14(17)18)5-6-12(10)16/h1-7H,8H2,(H,17,18). The third-order valence-electron chi connectivity index (χ3n) is 2.81. The summed E-state index contributed by atoms with van der Waals surface area (Å²) in [6.07, 6.45) is 0. The zero-order valence-corrected chi connectivity index (χ0v) is 13.0. The van der Waals surface area contributed by atoms with E-state index in [0.29, 0.717) is 4.47 Å². The van der Waals surface area contributed by atoms with E-state index in [0.717, 1.165) is 18.2 Å². The molecule has 7 heteroatoms. The van der Waals surface area contributed by atoms with Crippen LogP contribution in [0.15, 0.2) is 51.8 Å². The second kappa shape index (κ2) is 5.95. The van der Waals surface area contributed by atoms with E-state index in [-0.39, 0.29) is 16.0 Å². The predicted molar refractivity (Wildman–Crippen MR) is 78.4 cm³/mol. The maximum Gasteiger partial charge on any atom is 0.335 e. The lowest BCUT2D eigenvalue weighted by Crippen LogP contribution is -2.08. The predicted octanol–water partition coefficient (Wildman–Crippen LogP) is 3.26. The van der Waals surface area contributed by atoms with Gasteiger partial charge in [0.15, 0.2) is 9.84 Å². The summed E-state index contributed by atoms with van der Waals surface area (Å²) in [4.78, 5) is 10.9. The first-order chi connectivity index (χ1) is 9.81. The Hall–Kier alpha value is -1.73. The Morgan fingerprint density at radius 2 is 1.86 bits per heavy atom. The fourth-order valence-corrected chi connectivity index (χ4v) is 4.26. The fraction of sp³-hybridized carbons (Fsp3) is 0.0714. The van der Waals surface area contributed by atoms with Gasteiger partial charge >= 0.3 is 5.97 Å². The lowest BCUT2D eigenvalue weighted by molar-refractivity contribution is 0.0696. The van der Waals surface area contributed by atoms with Crippen LogP contribution in [0.25, 0.3) is 0 Å². The zero-order valence-electron chi connectivity index (χ0n) is 10.6. The largest absolute Gasteiger partial charge is 0.478 e. The summed E-state index contributed by atoms with van der Waals surface area (Å²) in [5.41, 5.74) is -0.334. The molecule has 2 aromatic rings. The van der Waals surface area contributed by atoms with Gasteiger partial charge in [0.1, 0.15) is 5.82 Å². The molecular weight excluding hydrogens is 363 g/mol. The first-order valence-corrected chi connectivity index (χ1v) is 8.25. The molecule has 0 unspecified atom stereocenters. The van der Waals surface area contributed by atoms with Crippen LogP contribution in [-0.4, -0.2) is 19.5 Å². The minimum atomic E-state index is -3.79. The Labute approximate surface area is 129 Å². The molecule has 1 N–H and O–H groups in total. The lowest BCUT2D eigenvalue weighted by atomic mass is 10.1. The Kier molecular flexibility index (Phi) is 4.43. The van der Waals surface area contributed by atoms with E-state index in [1.807, 2.05) is 0 Å². The molecule has 0 bridgehead atoms. The van der Waals surface area contributed by atoms with E-state index in [2.05, 4.69) is 15.9 Å². The molecular formula is C14H10BrFO4S. The van der Waals surface area contributed by atoms with Crippen LogP contribution in [0.5, 0.6) is 0 Å². The van der Waals surface area contributed by atoms with E-state index in [4.69, 9.17) is 5.11 Å². The highest BCUT2D eigenvalue weighted by Gasteiger charge is 2.21. The second-order valence-corrected chi connectivity index (χ2v) is 7.11. The zero-order chi connectivity index (χ0) is 15.6. The van der Waals surface area contributed by atoms with Gasteiger partial charge in [0, 0.05) is 10.0 Å². The molecule has 0 atom stereocenters. The molecule has 0 aliphatic heterocycles. The van der Waals surface area contributed by atoms with Crippen molar-refractivity contribution in [3.05, 3.63) is 63.9 Å².